The summed E-state index contributed by atoms with van der Waals surface area (Å²) in [5.41, 5.74) is 0. The van der Waals surface area contributed by atoms with Crippen LogP contribution >= 0.6 is 0 Å². The minimum absolute atomic E-state index is 0.155. The van der Waals surface area contributed by atoms with Gasteiger partial charge < -0.3 is 5.11 Å². The van der Waals surface area contributed by atoms with Crippen LogP contribution in [-0.2, 0) is 0 Å². The van der Waals surface area contributed by atoms with Crippen molar-refractivity contribution in [3.05, 3.63) is 0 Å². The van der Waals surface area contributed by atoms with Gasteiger partial charge >= 0.3 is 0 Å². The quantitative estimate of drug-likeness (QED) is 0.624. The molecule has 0 aromatic heterocycles. The van der Waals surface area contributed by atoms with E-state index in [4.69, 9.17) is 0 Å². The second-order valence-corrected chi connectivity index (χ2v) is 4.21. The molecule has 1 nitrogen and oxygen atoms in total. The van der Waals surface area contributed by atoms with Gasteiger partial charge in [0.15, 0.2) is 0 Å². The van der Waals surface area contributed by atoms with Gasteiger partial charge in [0, 0.05) is 12.3 Å². The van der Waals surface area contributed by atoms with E-state index in [1.807, 2.05) is 20.8 Å². The van der Waals surface area contributed by atoms with Crippen LogP contribution in [0.4, 0.5) is 4.39 Å². The minimum atomic E-state index is -1.90. The van der Waals surface area contributed by atoms with E-state index in [1.165, 1.54) is 0 Å². The molecule has 3 unspecified atom stereocenters. The maximum atomic E-state index is 13.3. The molecule has 11 heavy (non-hydrogen) atoms. The third-order valence-electron chi connectivity index (χ3n) is 2.66. The van der Waals surface area contributed by atoms with Gasteiger partial charge in [-0.1, -0.05) is 20.8 Å². The molecule has 0 aromatic carbocycles. The summed E-state index contributed by atoms with van der Waals surface area (Å²) >= 11 is 0. The molecule has 1 aliphatic rings. The zero-order chi connectivity index (χ0) is 8.65. The summed E-state index contributed by atoms with van der Waals surface area (Å²) in [6.07, 6.45) is 1.14. The van der Waals surface area contributed by atoms with Crippen molar-refractivity contribution in [1.29, 1.82) is 0 Å². The summed E-state index contributed by atoms with van der Waals surface area (Å²) < 4.78 is 13.3. The highest BCUT2D eigenvalue weighted by atomic mass is 19.2. The lowest BCUT2D eigenvalue weighted by Gasteiger charge is -2.24. The van der Waals surface area contributed by atoms with Crippen LogP contribution < -0.4 is 0 Å². The molecule has 1 aliphatic carbocycles. The van der Waals surface area contributed by atoms with Gasteiger partial charge in [0.05, 0.1) is 0 Å². The molecule has 0 aromatic rings. The van der Waals surface area contributed by atoms with Gasteiger partial charge in [0.25, 0.3) is 0 Å². The zero-order valence-corrected chi connectivity index (χ0v) is 7.47. The second-order valence-electron chi connectivity index (χ2n) is 4.21. The highest BCUT2D eigenvalue weighted by Crippen LogP contribution is 2.44. The Bertz CT molecular complexity index is 142. The Kier molecular flexibility index (Phi) is 2.24. The number of aliphatic hydroxyl groups is 1. The van der Waals surface area contributed by atoms with Crippen LogP contribution in [0.25, 0.3) is 0 Å². The zero-order valence-electron chi connectivity index (χ0n) is 7.47. The maximum absolute atomic E-state index is 13.3. The lowest BCUT2D eigenvalue weighted by molar-refractivity contribution is -0.130. The summed E-state index contributed by atoms with van der Waals surface area (Å²) in [4.78, 5) is 0. The van der Waals surface area contributed by atoms with Crippen LogP contribution in [-0.4, -0.2) is 11.0 Å². The van der Waals surface area contributed by atoms with E-state index in [9.17, 15) is 9.50 Å². The monoisotopic (exact) mass is 160 g/mol. The Hall–Kier alpha value is -0.110. The Balaban J connectivity index is 2.66. The van der Waals surface area contributed by atoms with Gasteiger partial charge in [-0.2, -0.15) is 0 Å². The molecule has 0 spiro atoms. The number of alkyl halides is 1. The number of hydrogen-bond donors (Lipinski definition) is 1. The molecule has 0 saturated heterocycles. The number of halogens is 1. The van der Waals surface area contributed by atoms with E-state index in [-0.39, 0.29) is 11.8 Å². The van der Waals surface area contributed by atoms with E-state index in [1.54, 1.807) is 0 Å². The fourth-order valence-corrected chi connectivity index (χ4v) is 2.12. The standard InChI is InChI=1S/C9H17FO/c1-6(2)8-4-7(3)5-9(8,10)11/h6-8,11H,4-5H2,1-3H3. The van der Waals surface area contributed by atoms with Gasteiger partial charge in [-0.25, -0.2) is 4.39 Å². The van der Waals surface area contributed by atoms with Crippen molar-refractivity contribution in [2.75, 3.05) is 0 Å². The van der Waals surface area contributed by atoms with E-state index in [0.29, 0.717) is 12.3 Å². The van der Waals surface area contributed by atoms with Gasteiger partial charge in [-0.3, -0.25) is 0 Å². The summed E-state index contributed by atoms with van der Waals surface area (Å²) in [5, 5.41) is 9.33. The van der Waals surface area contributed by atoms with Crippen LogP contribution in [0.5, 0.6) is 0 Å². The first-order chi connectivity index (χ1) is 4.93. The Morgan fingerprint density at radius 3 is 2.27 bits per heavy atom. The third kappa shape index (κ3) is 1.73. The molecule has 0 bridgehead atoms. The van der Waals surface area contributed by atoms with Crippen molar-refractivity contribution in [3.63, 3.8) is 0 Å². The fourth-order valence-electron chi connectivity index (χ4n) is 2.12. The van der Waals surface area contributed by atoms with Crippen LogP contribution in [0.2, 0.25) is 0 Å². The maximum Gasteiger partial charge on any atom is 0.210 e. The molecular formula is C9H17FO. The predicted octanol–water partition coefficient (Wildman–Crippen LogP) is 2.35. The first kappa shape index (κ1) is 8.98. The van der Waals surface area contributed by atoms with Gasteiger partial charge in [0.1, 0.15) is 0 Å². The van der Waals surface area contributed by atoms with Crippen LogP contribution in [0, 0.1) is 17.8 Å². The van der Waals surface area contributed by atoms with Crippen LogP contribution in [0.3, 0.4) is 0 Å². The average Bonchev–Trinajstić information content (AvgIpc) is 2.04. The third-order valence-corrected chi connectivity index (χ3v) is 2.66. The molecule has 1 saturated carbocycles. The normalized spacial score (nSPS) is 45.3. The lowest BCUT2D eigenvalue weighted by atomic mass is 9.91. The molecule has 1 N–H and O–H groups in total. The van der Waals surface area contributed by atoms with E-state index in [2.05, 4.69) is 0 Å². The number of rotatable bonds is 1. The van der Waals surface area contributed by atoms with E-state index in [0.717, 1.165) is 6.42 Å². The fraction of sp³-hybridized carbons (Fsp3) is 1.00. The van der Waals surface area contributed by atoms with Gasteiger partial charge in [-0.15, -0.1) is 0 Å². The molecule has 3 atom stereocenters. The van der Waals surface area contributed by atoms with Gasteiger partial charge in [-0.05, 0) is 18.3 Å². The smallest absolute Gasteiger partial charge is 0.210 e. The van der Waals surface area contributed by atoms with Crippen molar-refractivity contribution >= 4 is 0 Å². The first-order valence-electron chi connectivity index (χ1n) is 4.34. The summed E-state index contributed by atoms with van der Waals surface area (Å²) in [6.45, 7) is 5.92. The van der Waals surface area contributed by atoms with Crippen molar-refractivity contribution in [3.8, 4) is 0 Å². The Morgan fingerprint density at radius 1 is 1.55 bits per heavy atom. The molecule has 0 heterocycles. The molecule has 1 rings (SSSR count). The van der Waals surface area contributed by atoms with Crippen LogP contribution in [0.1, 0.15) is 33.6 Å². The SMILES string of the molecule is CC1CC(C(C)C)C(O)(F)C1. The first-order valence-corrected chi connectivity index (χ1v) is 4.34. The summed E-state index contributed by atoms with van der Waals surface area (Å²) in [6, 6.07) is 0. The average molecular weight is 160 g/mol. The Labute approximate surface area is 67.6 Å². The molecular weight excluding hydrogens is 143 g/mol. The molecule has 0 amide bonds. The Morgan fingerprint density at radius 2 is 2.09 bits per heavy atom. The predicted molar refractivity (Wildman–Crippen MR) is 42.8 cm³/mol. The largest absolute Gasteiger partial charge is 0.361 e. The van der Waals surface area contributed by atoms with E-state index >= 15 is 0 Å². The van der Waals surface area contributed by atoms with Crippen molar-refractivity contribution in [2.45, 2.75) is 39.5 Å². The van der Waals surface area contributed by atoms with Crippen molar-refractivity contribution in [2.24, 2.45) is 17.8 Å². The molecule has 0 aliphatic heterocycles. The molecule has 1 fully saturated rings. The van der Waals surface area contributed by atoms with Crippen molar-refractivity contribution < 1.29 is 9.50 Å². The molecule has 0 radical (unpaired) electrons. The lowest BCUT2D eigenvalue weighted by Crippen LogP contribution is -2.30. The highest BCUT2D eigenvalue weighted by molar-refractivity contribution is 4.88. The van der Waals surface area contributed by atoms with Crippen LogP contribution in [0.15, 0.2) is 0 Å². The minimum Gasteiger partial charge on any atom is -0.361 e. The van der Waals surface area contributed by atoms with Gasteiger partial charge in [0.2, 0.25) is 5.85 Å². The second kappa shape index (κ2) is 2.74. The van der Waals surface area contributed by atoms with E-state index < -0.39 is 5.85 Å². The molecule has 66 valence electrons. The summed E-state index contributed by atoms with van der Waals surface area (Å²) in [7, 11) is 0. The topological polar surface area (TPSA) is 20.2 Å². The highest BCUT2D eigenvalue weighted by Gasteiger charge is 2.46. The van der Waals surface area contributed by atoms with Crippen molar-refractivity contribution in [1.82, 2.24) is 0 Å². The number of hydrogen-bond acceptors (Lipinski definition) is 1. The summed E-state index contributed by atoms with van der Waals surface area (Å²) in [5.74, 6) is -1.47. The molecule has 2 heteroatoms.